The molecule has 0 aliphatic heterocycles. The van der Waals surface area contributed by atoms with E-state index in [0.29, 0.717) is 12.2 Å². The van der Waals surface area contributed by atoms with Crippen LogP contribution in [0, 0.1) is 0 Å². The molecule has 0 aromatic carbocycles. The second-order valence-corrected chi connectivity index (χ2v) is 5.13. The number of hydrogen-bond acceptors (Lipinski definition) is 4. The molecule has 1 atom stereocenters. The van der Waals surface area contributed by atoms with E-state index >= 15 is 0 Å². The number of amides is 1. The smallest absolute Gasteiger partial charge is 0.230 e. The van der Waals surface area contributed by atoms with Gasteiger partial charge in [-0.25, -0.2) is 0 Å². The van der Waals surface area contributed by atoms with Crippen LogP contribution < -0.4 is 5.32 Å². The number of aliphatic hydroxyl groups excluding tert-OH is 1. The molecule has 1 rings (SSSR count). The number of hydrogen-bond donors (Lipinski definition) is 2. The molecule has 1 heterocycles. The maximum atomic E-state index is 11.6. The average Bonchev–Trinajstić information content (AvgIpc) is 2.39. The SMILES string of the molecule is CCCSCC(=O)N[C@H](CO)Cc1ccccn1. The Morgan fingerprint density at radius 1 is 1.56 bits per heavy atom. The highest BCUT2D eigenvalue weighted by molar-refractivity contribution is 7.99. The monoisotopic (exact) mass is 268 g/mol. The van der Waals surface area contributed by atoms with Gasteiger partial charge in [-0.1, -0.05) is 13.0 Å². The average molecular weight is 268 g/mol. The number of rotatable bonds is 8. The first kappa shape index (κ1) is 15.0. The van der Waals surface area contributed by atoms with Gasteiger partial charge in [0, 0.05) is 18.3 Å². The summed E-state index contributed by atoms with van der Waals surface area (Å²) >= 11 is 1.61. The molecule has 0 aliphatic carbocycles. The molecule has 100 valence electrons. The lowest BCUT2D eigenvalue weighted by Gasteiger charge is -2.15. The predicted molar refractivity (Wildman–Crippen MR) is 74.6 cm³/mol. The van der Waals surface area contributed by atoms with Gasteiger partial charge in [0.2, 0.25) is 5.91 Å². The van der Waals surface area contributed by atoms with E-state index in [1.165, 1.54) is 0 Å². The van der Waals surface area contributed by atoms with Crippen molar-refractivity contribution in [2.45, 2.75) is 25.8 Å². The first-order valence-electron chi connectivity index (χ1n) is 6.14. The minimum Gasteiger partial charge on any atom is -0.394 e. The number of aliphatic hydroxyl groups is 1. The fourth-order valence-electron chi connectivity index (χ4n) is 1.51. The maximum Gasteiger partial charge on any atom is 0.230 e. The van der Waals surface area contributed by atoms with Crippen LogP contribution in [0.1, 0.15) is 19.0 Å². The third kappa shape index (κ3) is 6.02. The number of carbonyl (C=O) groups is 1. The number of carbonyl (C=O) groups excluding carboxylic acids is 1. The fraction of sp³-hybridized carbons (Fsp3) is 0.538. The van der Waals surface area contributed by atoms with Gasteiger partial charge in [0.15, 0.2) is 0 Å². The molecule has 5 heteroatoms. The van der Waals surface area contributed by atoms with Crippen LogP contribution in [0.15, 0.2) is 24.4 Å². The molecule has 0 unspecified atom stereocenters. The molecule has 1 aromatic rings. The quantitative estimate of drug-likeness (QED) is 0.696. The van der Waals surface area contributed by atoms with Gasteiger partial charge in [0.25, 0.3) is 0 Å². The first-order chi connectivity index (χ1) is 8.76. The Morgan fingerprint density at radius 3 is 3.00 bits per heavy atom. The number of aromatic nitrogens is 1. The third-order valence-corrected chi connectivity index (χ3v) is 3.51. The van der Waals surface area contributed by atoms with Gasteiger partial charge >= 0.3 is 0 Å². The zero-order chi connectivity index (χ0) is 13.2. The molecule has 0 bridgehead atoms. The minimum absolute atomic E-state index is 0.0246. The molecule has 2 N–H and O–H groups in total. The van der Waals surface area contributed by atoms with Crippen molar-refractivity contribution in [2.75, 3.05) is 18.1 Å². The second-order valence-electron chi connectivity index (χ2n) is 4.02. The van der Waals surface area contributed by atoms with Crippen LogP contribution in [0.25, 0.3) is 0 Å². The maximum absolute atomic E-state index is 11.6. The highest BCUT2D eigenvalue weighted by Crippen LogP contribution is 2.03. The number of nitrogens with zero attached hydrogens (tertiary/aromatic N) is 1. The molecular weight excluding hydrogens is 248 g/mol. The van der Waals surface area contributed by atoms with E-state index in [-0.39, 0.29) is 18.6 Å². The molecule has 0 fully saturated rings. The zero-order valence-electron chi connectivity index (χ0n) is 10.6. The Hall–Kier alpha value is -1.07. The summed E-state index contributed by atoms with van der Waals surface area (Å²) in [6.07, 6.45) is 3.33. The van der Waals surface area contributed by atoms with Crippen LogP contribution in [0.5, 0.6) is 0 Å². The van der Waals surface area contributed by atoms with E-state index in [4.69, 9.17) is 0 Å². The molecule has 4 nitrogen and oxygen atoms in total. The van der Waals surface area contributed by atoms with E-state index < -0.39 is 0 Å². The Bertz CT molecular complexity index is 346. The van der Waals surface area contributed by atoms with E-state index in [1.54, 1.807) is 18.0 Å². The Morgan fingerprint density at radius 2 is 2.39 bits per heavy atom. The van der Waals surface area contributed by atoms with E-state index in [0.717, 1.165) is 17.9 Å². The standard InChI is InChI=1S/C13H20N2O2S/c1-2-7-18-10-13(17)15-12(9-16)8-11-5-3-4-6-14-11/h3-6,12,16H,2,7-10H2,1H3,(H,15,17)/t12-/m0/s1. The van der Waals surface area contributed by atoms with Gasteiger partial charge in [0.1, 0.15) is 0 Å². The van der Waals surface area contributed by atoms with Crippen LogP contribution in [0.3, 0.4) is 0 Å². The topological polar surface area (TPSA) is 62.2 Å². The third-order valence-electron chi connectivity index (χ3n) is 2.35. The molecule has 18 heavy (non-hydrogen) atoms. The molecule has 0 radical (unpaired) electrons. The van der Waals surface area contributed by atoms with Gasteiger partial charge < -0.3 is 10.4 Å². The van der Waals surface area contributed by atoms with Crippen LogP contribution in [0.4, 0.5) is 0 Å². The summed E-state index contributed by atoms with van der Waals surface area (Å²) in [5, 5.41) is 12.1. The van der Waals surface area contributed by atoms with Crippen molar-refractivity contribution < 1.29 is 9.90 Å². The summed E-state index contributed by atoms with van der Waals surface area (Å²) in [6, 6.07) is 5.38. The van der Waals surface area contributed by atoms with E-state index in [1.807, 2.05) is 18.2 Å². The predicted octanol–water partition coefficient (Wildman–Crippen LogP) is 1.24. The number of thioether (sulfide) groups is 1. The van der Waals surface area contributed by atoms with Crippen molar-refractivity contribution in [3.8, 4) is 0 Å². The van der Waals surface area contributed by atoms with Crippen LogP contribution in [0.2, 0.25) is 0 Å². The van der Waals surface area contributed by atoms with Crippen molar-refractivity contribution in [3.05, 3.63) is 30.1 Å². The van der Waals surface area contributed by atoms with Gasteiger partial charge in [0.05, 0.1) is 18.4 Å². The lowest BCUT2D eigenvalue weighted by Crippen LogP contribution is -2.40. The van der Waals surface area contributed by atoms with Crippen molar-refractivity contribution in [1.29, 1.82) is 0 Å². The van der Waals surface area contributed by atoms with Crippen LogP contribution >= 0.6 is 11.8 Å². The van der Waals surface area contributed by atoms with Crippen molar-refractivity contribution in [1.82, 2.24) is 10.3 Å². The summed E-state index contributed by atoms with van der Waals surface area (Å²) in [6.45, 7) is 2.02. The largest absolute Gasteiger partial charge is 0.394 e. The van der Waals surface area contributed by atoms with Crippen LogP contribution in [-0.2, 0) is 11.2 Å². The normalized spacial score (nSPS) is 12.1. The van der Waals surface area contributed by atoms with Crippen LogP contribution in [-0.4, -0.2) is 40.2 Å². The summed E-state index contributed by atoms with van der Waals surface area (Å²) in [4.78, 5) is 15.8. The number of nitrogens with one attached hydrogen (secondary N) is 1. The zero-order valence-corrected chi connectivity index (χ0v) is 11.4. The Labute approximate surface area is 112 Å². The van der Waals surface area contributed by atoms with Crippen molar-refractivity contribution >= 4 is 17.7 Å². The molecule has 0 saturated heterocycles. The molecule has 1 aromatic heterocycles. The molecule has 0 spiro atoms. The summed E-state index contributed by atoms with van der Waals surface area (Å²) in [7, 11) is 0. The van der Waals surface area contributed by atoms with E-state index in [2.05, 4.69) is 17.2 Å². The van der Waals surface area contributed by atoms with Crippen molar-refractivity contribution in [2.24, 2.45) is 0 Å². The lowest BCUT2D eigenvalue weighted by atomic mass is 10.1. The molecule has 0 aliphatic rings. The van der Waals surface area contributed by atoms with Gasteiger partial charge in [-0.05, 0) is 24.3 Å². The van der Waals surface area contributed by atoms with E-state index in [9.17, 15) is 9.90 Å². The lowest BCUT2D eigenvalue weighted by molar-refractivity contribution is -0.119. The molecule has 0 saturated carbocycles. The highest BCUT2D eigenvalue weighted by Gasteiger charge is 2.12. The number of pyridine rings is 1. The summed E-state index contributed by atoms with van der Waals surface area (Å²) < 4.78 is 0. The Kier molecular flexibility index (Phi) is 7.44. The first-order valence-corrected chi connectivity index (χ1v) is 7.29. The second kappa shape index (κ2) is 8.94. The van der Waals surface area contributed by atoms with Gasteiger partial charge in [-0.3, -0.25) is 9.78 Å². The fourth-order valence-corrected chi connectivity index (χ4v) is 2.21. The molecule has 1 amide bonds. The Balaban J connectivity index is 2.35. The summed E-state index contributed by atoms with van der Waals surface area (Å²) in [5.74, 6) is 1.41. The van der Waals surface area contributed by atoms with Crippen molar-refractivity contribution in [3.63, 3.8) is 0 Å². The molecular formula is C13H20N2O2S. The highest BCUT2D eigenvalue weighted by atomic mass is 32.2. The minimum atomic E-state index is -0.255. The van der Waals surface area contributed by atoms with Gasteiger partial charge in [-0.15, -0.1) is 0 Å². The summed E-state index contributed by atoms with van der Waals surface area (Å²) in [5.41, 5.74) is 0.873. The van der Waals surface area contributed by atoms with Gasteiger partial charge in [-0.2, -0.15) is 11.8 Å².